The van der Waals surface area contributed by atoms with Gasteiger partial charge in [0.1, 0.15) is 12.6 Å². The second-order valence-electron chi connectivity index (χ2n) is 8.47. The van der Waals surface area contributed by atoms with Crippen LogP contribution in [0.2, 0.25) is 10.0 Å². The molecule has 0 aliphatic rings. The molecule has 3 rings (SSSR count). The lowest BCUT2D eigenvalue weighted by Crippen LogP contribution is -2.51. The van der Waals surface area contributed by atoms with Crippen molar-refractivity contribution in [3.63, 3.8) is 0 Å². The maximum Gasteiger partial charge on any atom is 0.264 e. The highest BCUT2D eigenvalue weighted by atomic mass is 35.5. The number of nitrogens with zero attached hydrogens (tertiary/aromatic N) is 2. The Morgan fingerprint density at radius 2 is 1.62 bits per heavy atom. The summed E-state index contributed by atoms with van der Waals surface area (Å²) in [6, 6.07) is 19.1. The fourth-order valence-corrected chi connectivity index (χ4v) is 5.75. The predicted octanol–water partition coefficient (Wildman–Crippen LogP) is 5.05. The number of benzene rings is 3. The van der Waals surface area contributed by atoms with E-state index in [0.29, 0.717) is 6.42 Å². The molecule has 3 aromatic rings. The number of sulfonamides is 1. The van der Waals surface area contributed by atoms with E-state index in [9.17, 15) is 18.0 Å². The van der Waals surface area contributed by atoms with E-state index in [1.54, 1.807) is 19.1 Å². The topological polar surface area (TPSA) is 86.8 Å². The molecule has 37 heavy (non-hydrogen) atoms. The van der Waals surface area contributed by atoms with Gasteiger partial charge in [0.05, 0.1) is 15.6 Å². The van der Waals surface area contributed by atoms with Crippen molar-refractivity contribution in [1.29, 1.82) is 0 Å². The van der Waals surface area contributed by atoms with Crippen LogP contribution in [0, 0.1) is 6.92 Å². The molecular formula is C27H29Cl2N3O4S. The lowest BCUT2D eigenvalue weighted by molar-refractivity contribution is -0.140. The minimum absolute atomic E-state index is 0.00473. The Bertz CT molecular complexity index is 1350. The minimum Gasteiger partial charge on any atom is -0.357 e. The Hall–Kier alpha value is -3.07. The van der Waals surface area contributed by atoms with Crippen LogP contribution in [0.15, 0.2) is 77.7 Å². The number of likely N-dealkylation sites (N-methyl/N-ethyl adjacent to an activating group) is 1. The molecule has 7 nitrogen and oxygen atoms in total. The lowest BCUT2D eigenvalue weighted by Gasteiger charge is -2.33. The Kier molecular flexibility index (Phi) is 9.59. The number of nitrogens with one attached hydrogen (secondary N) is 1. The van der Waals surface area contributed by atoms with Crippen LogP contribution in [-0.4, -0.2) is 44.8 Å². The normalized spacial score (nSPS) is 12.0. The monoisotopic (exact) mass is 561 g/mol. The van der Waals surface area contributed by atoms with Gasteiger partial charge >= 0.3 is 0 Å². The Labute approximate surface area is 228 Å². The standard InChI is InChI=1S/C27H29Cl2N3O4S/c1-4-24(27(34)30-3)31(17-20-8-6-5-7-9-20)26(33)18-32(25-16-21(28)12-15-23(25)29)37(35,36)22-13-10-19(2)11-14-22/h5-16,24H,4,17-18H2,1-3H3,(H,30,34)/t24-/m0/s1. The zero-order chi connectivity index (χ0) is 27.2. The van der Waals surface area contributed by atoms with Gasteiger partial charge in [-0.1, -0.05) is 78.2 Å². The van der Waals surface area contributed by atoms with Crippen molar-refractivity contribution in [1.82, 2.24) is 10.2 Å². The van der Waals surface area contributed by atoms with Gasteiger partial charge in [0.15, 0.2) is 0 Å². The summed E-state index contributed by atoms with van der Waals surface area (Å²) in [7, 11) is -2.73. The van der Waals surface area contributed by atoms with Gasteiger partial charge in [0.2, 0.25) is 11.8 Å². The maximum atomic E-state index is 13.8. The average Bonchev–Trinajstić information content (AvgIpc) is 2.89. The molecule has 0 unspecified atom stereocenters. The largest absolute Gasteiger partial charge is 0.357 e. The van der Waals surface area contributed by atoms with E-state index in [1.165, 1.54) is 42.3 Å². The van der Waals surface area contributed by atoms with Gasteiger partial charge in [0, 0.05) is 18.6 Å². The SMILES string of the molecule is CC[C@@H](C(=O)NC)N(Cc1ccccc1)C(=O)CN(c1cc(Cl)ccc1Cl)S(=O)(=O)c1ccc(C)cc1. The maximum absolute atomic E-state index is 13.8. The van der Waals surface area contributed by atoms with E-state index in [0.717, 1.165) is 15.4 Å². The molecule has 0 fully saturated rings. The number of carbonyl (C=O) groups excluding carboxylic acids is 2. The molecule has 2 amide bonds. The first-order valence-electron chi connectivity index (χ1n) is 11.7. The van der Waals surface area contributed by atoms with Gasteiger partial charge < -0.3 is 10.2 Å². The number of aryl methyl sites for hydroxylation is 1. The third kappa shape index (κ3) is 6.83. The second kappa shape index (κ2) is 12.4. The van der Waals surface area contributed by atoms with E-state index in [1.807, 2.05) is 37.3 Å². The zero-order valence-electron chi connectivity index (χ0n) is 20.8. The summed E-state index contributed by atoms with van der Waals surface area (Å²) in [6.45, 7) is 3.17. The van der Waals surface area contributed by atoms with Crippen LogP contribution in [-0.2, 0) is 26.2 Å². The summed E-state index contributed by atoms with van der Waals surface area (Å²) in [6.07, 6.45) is 0.334. The Balaban J connectivity index is 2.10. The quantitative estimate of drug-likeness (QED) is 0.375. The molecule has 1 N–H and O–H groups in total. The highest BCUT2D eigenvalue weighted by molar-refractivity contribution is 7.92. The Morgan fingerprint density at radius 1 is 0.973 bits per heavy atom. The number of carbonyl (C=O) groups is 2. The van der Waals surface area contributed by atoms with Crippen molar-refractivity contribution in [3.05, 3.63) is 94.0 Å². The van der Waals surface area contributed by atoms with Gasteiger partial charge in [-0.3, -0.25) is 13.9 Å². The van der Waals surface area contributed by atoms with Gasteiger partial charge in [-0.05, 0) is 49.2 Å². The van der Waals surface area contributed by atoms with Crippen molar-refractivity contribution >= 4 is 50.7 Å². The smallest absolute Gasteiger partial charge is 0.264 e. The number of rotatable bonds is 10. The van der Waals surface area contributed by atoms with Gasteiger partial charge in [-0.15, -0.1) is 0 Å². The summed E-state index contributed by atoms with van der Waals surface area (Å²) in [4.78, 5) is 27.9. The Morgan fingerprint density at radius 3 is 2.22 bits per heavy atom. The van der Waals surface area contributed by atoms with Crippen LogP contribution in [0.4, 0.5) is 5.69 Å². The minimum atomic E-state index is -4.23. The van der Waals surface area contributed by atoms with Crippen LogP contribution >= 0.6 is 23.2 Å². The molecular weight excluding hydrogens is 533 g/mol. The van der Waals surface area contributed by atoms with Crippen molar-refractivity contribution in [2.24, 2.45) is 0 Å². The number of anilines is 1. The molecule has 196 valence electrons. The fraction of sp³-hybridized carbons (Fsp3) is 0.259. The first-order valence-corrected chi connectivity index (χ1v) is 13.9. The van der Waals surface area contributed by atoms with Crippen molar-refractivity contribution in [2.75, 3.05) is 17.9 Å². The number of hydrogen-bond acceptors (Lipinski definition) is 4. The van der Waals surface area contributed by atoms with Crippen molar-refractivity contribution < 1.29 is 18.0 Å². The van der Waals surface area contributed by atoms with Crippen molar-refractivity contribution in [2.45, 2.75) is 37.8 Å². The van der Waals surface area contributed by atoms with E-state index < -0.39 is 28.5 Å². The number of amides is 2. The lowest BCUT2D eigenvalue weighted by atomic mass is 10.1. The number of halogens is 2. The van der Waals surface area contributed by atoms with Crippen molar-refractivity contribution in [3.8, 4) is 0 Å². The zero-order valence-corrected chi connectivity index (χ0v) is 23.1. The molecule has 0 spiro atoms. The molecule has 0 aliphatic heterocycles. The molecule has 1 atom stereocenters. The fourth-order valence-electron chi connectivity index (χ4n) is 3.89. The van der Waals surface area contributed by atoms with Gasteiger partial charge in [0.25, 0.3) is 10.0 Å². The molecule has 0 aliphatic carbocycles. The molecule has 10 heteroatoms. The molecule has 0 aromatic heterocycles. The predicted molar refractivity (Wildman–Crippen MR) is 147 cm³/mol. The molecule has 0 heterocycles. The van der Waals surface area contributed by atoms with E-state index >= 15 is 0 Å². The molecule has 0 saturated heterocycles. The first kappa shape index (κ1) is 28.5. The summed E-state index contributed by atoms with van der Waals surface area (Å²) in [5.74, 6) is -0.911. The molecule has 0 radical (unpaired) electrons. The second-order valence-corrected chi connectivity index (χ2v) is 11.2. The van der Waals surface area contributed by atoms with Crippen LogP contribution in [0.1, 0.15) is 24.5 Å². The molecule has 0 bridgehead atoms. The third-order valence-corrected chi connectivity index (χ3v) is 8.22. The van der Waals surface area contributed by atoms with Crippen LogP contribution in [0.5, 0.6) is 0 Å². The number of hydrogen-bond donors (Lipinski definition) is 1. The van der Waals surface area contributed by atoms with E-state index in [4.69, 9.17) is 23.2 Å². The van der Waals surface area contributed by atoms with Crippen LogP contribution < -0.4 is 9.62 Å². The summed E-state index contributed by atoms with van der Waals surface area (Å²) >= 11 is 12.6. The van der Waals surface area contributed by atoms with Crippen LogP contribution in [0.3, 0.4) is 0 Å². The van der Waals surface area contributed by atoms with E-state index in [-0.39, 0.29) is 33.1 Å². The van der Waals surface area contributed by atoms with Crippen LogP contribution in [0.25, 0.3) is 0 Å². The summed E-state index contributed by atoms with van der Waals surface area (Å²) in [5, 5.41) is 2.97. The highest BCUT2D eigenvalue weighted by Crippen LogP contribution is 2.33. The summed E-state index contributed by atoms with van der Waals surface area (Å²) in [5.41, 5.74) is 1.75. The molecule has 0 saturated carbocycles. The van der Waals surface area contributed by atoms with E-state index in [2.05, 4.69) is 5.32 Å². The van der Waals surface area contributed by atoms with Gasteiger partial charge in [-0.25, -0.2) is 8.42 Å². The highest BCUT2D eigenvalue weighted by Gasteiger charge is 2.34. The third-order valence-electron chi connectivity index (χ3n) is 5.89. The first-order chi connectivity index (χ1) is 17.6. The molecule has 3 aromatic carbocycles. The summed E-state index contributed by atoms with van der Waals surface area (Å²) < 4.78 is 28.6. The van der Waals surface area contributed by atoms with Gasteiger partial charge in [-0.2, -0.15) is 0 Å². The average molecular weight is 563 g/mol.